The van der Waals surface area contributed by atoms with Crippen LogP contribution in [0.15, 0.2) is 72.8 Å². The first-order chi connectivity index (χ1) is 15.3. The van der Waals surface area contributed by atoms with E-state index in [0.29, 0.717) is 5.69 Å². The number of halogens is 1. The summed E-state index contributed by atoms with van der Waals surface area (Å²) in [5.41, 5.74) is 2.51. The Hall–Kier alpha value is -3.52. The van der Waals surface area contributed by atoms with Crippen molar-refractivity contribution in [2.45, 2.75) is 18.3 Å². The van der Waals surface area contributed by atoms with Crippen molar-refractivity contribution < 1.29 is 22.4 Å². The minimum absolute atomic E-state index is 0.0245. The van der Waals surface area contributed by atoms with Gasteiger partial charge < -0.3 is 4.90 Å². The summed E-state index contributed by atoms with van der Waals surface area (Å²) in [6, 6.07) is 19.2. The van der Waals surface area contributed by atoms with Gasteiger partial charge in [0.1, 0.15) is 11.6 Å². The Kier molecular flexibility index (Phi) is 4.46. The summed E-state index contributed by atoms with van der Waals surface area (Å²) < 4.78 is 41.0. The van der Waals surface area contributed by atoms with E-state index in [4.69, 9.17) is 0 Å². The highest BCUT2D eigenvalue weighted by Gasteiger charge is 2.69. The van der Waals surface area contributed by atoms with Gasteiger partial charge in [0.15, 0.2) is 9.84 Å². The fourth-order valence-electron chi connectivity index (χ4n) is 4.54. The third-order valence-electron chi connectivity index (χ3n) is 5.95. The fourth-order valence-corrected chi connectivity index (χ4v) is 6.57. The zero-order valence-corrected chi connectivity index (χ0v) is 18.0. The molecule has 6 nitrogen and oxygen atoms in total. The standard InChI is InChI=1S/C24H19FN2O4S/c1-16-9-11-17(12-10-16)14-26-21-8-3-2-7-20(21)24(23(26)29)27(22(28)15-32(24,30)31)19-6-4-5-18(25)13-19/h2-13H,14-15H2,1H3/t24-/m0/s1. The molecule has 162 valence electrons. The lowest BCUT2D eigenvalue weighted by molar-refractivity contribution is -0.123. The van der Waals surface area contributed by atoms with Crippen LogP contribution in [-0.4, -0.2) is 26.0 Å². The number of benzene rings is 3. The summed E-state index contributed by atoms with van der Waals surface area (Å²) in [4.78, 5) is 27.0. The van der Waals surface area contributed by atoms with Crippen molar-refractivity contribution in [1.29, 1.82) is 0 Å². The lowest BCUT2D eigenvalue weighted by Crippen LogP contribution is -2.54. The Bertz CT molecular complexity index is 1370. The predicted molar refractivity (Wildman–Crippen MR) is 118 cm³/mol. The molecule has 0 unspecified atom stereocenters. The van der Waals surface area contributed by atoms with E-state index in [1.54, 1.807) is 24.3 Å². The highest BCUT2D eigenvalue weighted by atomic mass is 32.2. The molecule has 1 atom stereocenters. The second-order valence-electron chi connectivity index (χ2n) is 8.01. The van der Waals surface area contributed by atoms with Crippen molar-refractivity contribution in [2.75, 3.05) is 15.6 Å². The molecule has 1 fully saturated rings. The number of anilines is 2. The maximum atomic E-state index is 14.0. The number of carbonyl (C=O) groups is 2. The summed E-state index contributed by atoms with van der Waals surface area (Å²) in [5, 5.41) is 0. The molecule has 5 rings (SSSR count). The van der Waals surface area contributed by atoms with Crippen LogP contribution in [0.5, 0.6) is 0 Å². The van der Waals surface area contributed by atoms with Gasteiger partial charge in [0.05, 0.1) is 12.2 Å². The average molecular weight is 450 g/mol. The molecule has 2 heterocycles. The van der Waals surface area contributed by atoms with Crippen molar-refractivity contribution in [3.05, 3.63) is 95.3 Å². The van der Waals surface area contributed by atoms with E-state index in [2.05, 4.69) is 0 Å². The first-order valence-electron chi connectivity index (χ1n) is 10.0. The van der Waals surface area contributed by atoms with Gasteiger partial charge in [-0.25, -0.2) is 12.8 Å². The van der Waals surface area contributed by atoms with E-state index in [0.717, 1.165) is 22.1 Å². The summed E-state index contributed by atoms with van der Waals surface area (Å²) in [6.07, 6.45) is 0. The van der Waals surface area contributed by atoms with Gasteiger partial charge in [-0.2, -0.15) is 0 Å². The van der Waals surface area contributed by atoms with Crippen LogP contribution < -0.4 is 9.80 Å². The zero-order chi connectivity index (χ0) is 22.7. The van der Waals surface area contributed by atoms with Crippen LogP contribution in [0, 0.1) is 12.7 Å². The van der Waals surface area contributed by atoms with Crippen LogP contribution in [0.1, 0.15) is 16.7 Å². The number of rotatable bonds is 3. The molecule has 8 heteroatoms. The molecule has 0 saturated carbocycles. The quantitative estimate of drug-likeness (QED) is 0.614. The zero-order valence-electron chi connectivity index (χ0n) is 17.2. The number of amides is 2. The van der Waals surface area contributed by atoms with Crippen LogP contribution >= 0.6 is 0 Å². The van der Waals surface area contributed by atoms with Gasteiger partial charge in [0, 0.05) is 11.3 Å². The summed E-state index contributed by atoms with van der Waals surface area (Å²) >= 11 is 0. The molecule has 1 saturated heterocycles. The largest absolute Gasteiger partial charge is 0.304 e. The van der Waals surface area contributed by atoms with E-state index < -0.39 is 38.1 Å². The number of para-hydroxylation sites is 1. The molecule has 0 aromatic heterocycles. The van der Waals surface area contributed by atoms with Crippen molar-refractivity contribution in [1.82, 2.24) is 0 Å². The molecule has 0 aliphatic carbocycles. The van der Waals surface area contributed by atoms with Gasteiger partial charge >= 0.3 is 0 Å². The predicted octanol–water partition coefficient (Wildman–Crippen LogP) is 3.30. The molecule has 0 N–H and O–H groups in total. The minimum Gasteiger partial charge on any atom is -0.304 e. The second kappa shape index (κ2) is 7.00. The Morgan fingerprint density at radius 1 is 0.969 bits per heavy atom. The number of carbonyl (C=O) groups excluding carboxylic acids is 2. The number of aryl methyl sites for hydroxylation is 1. The normalized spacial score (nSPS) is 21.4. The second-order valence-corrected chi connectivity index (χ2v) is 10.1. The van der Waals surface area contributed by atoms with E-state index in [9.17, 15) is 22.4 Å². The Morgan fingerprint density at radius 3 is 2.41 bits per heavy atom. The minimum atomic E-state index is -4.28. The van der Waals surface area contributed by atoms with Gasteiger partial charge in [-0.15, -0.1) is 0 Å². The molecule has 3 aromatic carbocycles. The van der Waals surface area contributed by atoms with Gasteiger partial charge in [0.2, 0.25) is 5.91 Å². The van der Waals surface area contributed by atoms with Crippen LogP contribution in [0.3, 0.4) is 0 Å². The lowest BCUT2D eigenvalue weighted by atomic mass is 10.0. The Balaban J connectivity index is 1.73. The molecule has 0 radical (unpaired) electrons. The molecule has 2 amide bonds. The van der Waals surface area contributed by atoms with Gasteiger partial charge in [0.25, 0.3) is 10.8 Å². The number of nitrogens with zero attached hydrogens (tertiary/aromatic N) is 2. The summed E-state index contributed by atoms with van der Waals surface area (Å²) in [5.74, 6) is -2.97. The van der Waals surface area contributed by atoms with E-state index in [-0.39, 0.29) is 17.8 Å². The third-order valence-corrected chi connectivity index (χ3v) is 8.05. The van der Waals surface area contributed by atoms with Gasteiger partial charge in [-0.3, -0.25) is 14.5 Å². The molecular weight excluding hydrogens is 431 g/mol. The van der Waals surface area contributed by atoms with Crippen molar-refractivity contribution >= 4 is 33.0 Å². The Morgan fingerprint density at radius 2 is 1.69 bits per heavy atom. The molecule has 32 heavy (non-hydrogen) atoms. The van der Waals surface area contributed by atoms with Crippen LogP contribution in [-0.2, 0) is 30.8 Å². The first kappa shape index (κ1) is 20.4. The van der Waals surface area contributed by atoms with E-state index in [1.165, 1.54) is 23.1 Å². The van der Waals surface area contributed by atoms with Crippen molar-refractivity contribution in [3.63, 3.8) is 0 Å². The maximum Gasteiger partial charge on any atom is 0.274 e. The van der Waals surface area contributed by atoms with Crippen LogP contribution in [0.25, 0.3) is 0 Å². The van der Waals surface area contributed by atoms with Crippen LogP contribution in [0.4, 0.5) is 15.8 Å². The van der Waals surface area contributed by atoms with Crippen molar-refractivity contribution in [2.24, 2.45) is 0 Å². The summed E-state index contributed by atoms with van der Waals surface area (Å²) in [7, 11) is -4.28. The molecule has 2 aliphatic heterocycles. The molecule has 0 bridgehead atoms. The molecule has 2 aliphatic rings. The topological polar surface area (TPSA) is 74.8 Å². The number of hydrogen-bond donors (Lipinski definition) is 0. The maximum absolute atomic E-state index is 14.0. The SMILES string of the molecule is Cc1ccc(CN2C(=O)[C@@]3(c4ccccc42)N(c2cccc(F)c2)C(=O)CS3(=O)=O)cc1. The smallest absolute Gasteiger partial charge is 0.274 e. The third kappa shape index (κ3) is 2.72. The van der Waals surface area contributed by atoms with Gasteiger partial charge in [-0.1, -0.05) is 54.1 Å². The number of hydrogen-bond acceptors (Lipinski definition) is 4. The molecular formula is C24H19FN2O4S. The first-order valence-corrected chi connectivity index (χ1v) is 11.7. The lowest BCUT2D eigenvalue weighted by Gasteiger charge is -2.32. The fraction of sp³-hybridized carbons (Fsp3) is 0.167. The average Bonchev–Trinajstić information content (AvgIpc) is 3.12. The number of sulfone groups is 1. The monoisotopic (exact) mass is 450 g/mol. The number of fused-ring (bicyclic) bond motifs is 2. The molecule has 1 spiro atoms. The van der Waals surface area contributed by atoms with Gasteiger partial charge in [-0.05, 0) is 36.8 Å². The van der Waals surface area contributed by atoms with Crippen molar-refractivity contribution in [3.8, 4) is 0 Å². The summed E-state index contributed by atoms with van der Waals surface area (Å²) in [6.45, 7) is 2.08. The molecule has 3 aromatic rings. The van der Waals surface area contributed by atoms with E-state index >= 15 is 0 Å². The van der Waals surface area contributed by atoms with Crippen LogP contribution in [0.2, 0.25) is 0 Å². The Labute approximate surface area is 184 Å². The highest BCUT2D eigenvalue weighted by Crippen LogP contribution is 2.52. The van der Waals surface area contributed by atoms with E-state index in [1.807, 2.05) is 31.2 Å². The highest BCUT2D eigenvalue weighted by molar-refractivity contribution is 7.94.